The molecule has 2 aromatic rings. The molecule has 0 spiro atoms. The second kappa shape index (κ2) is 3.35. The van der Waals surface area contributed by atoms with Gasteiger partial charge in [0.25, 0.3) is 0 Å². The molecule has 0 aromatic carbocycles. The summed E-state index contributed by atoms with van der Waals surface area (Å²) in [5.41, 5.74) is 6.20. The molecular formula is C8H7BrN2O2. The number of hydrogen-bond donors (Lipinski definition) is 1. The standard InChI is InChI=1S/C8H7BrN2O2/c9-8-5(1-2-12-8)6-4-11-7(3-10)13-6/h1-2,4H,3,10H2. The van der Waals surface area contributed by atoms with Gasteiger partial charge in [0.15, 0.2) is 10.4 Å². The molecule has 0 aliphatic rings. The van der Waals surface area contributed by atoms with Crippen molar-refractivity contribution in [3.63, 3.8) is 0 Å². The fourth-order valence-corrected chi connectivity index (χ4v) is 1.43. The van der Waals surface area contributed by atoms with Gasteiger partial charge in [0.1, 0.15) is 0 Å². The van der Waals surface area contributed by atoms with Crippen LogP contribution in [-0.4, -0.2) is 4.98 Å². The zero-order chi connectivity index (χ0) is 9.26. The second-order valence-corrected chi connectivity index (χ2v) is 3.15. The number of nitrogens with two attached hydrogens (primary N) is 1. The Morgan fingerprint density at radius 3 is 2.92 bits per heavy atom. The molecule has 4 nitrogen and oxygen atoms in total. The van der Waals surface area contributed by atoms with E-state index in [2.05, 4.69) is 20.9 Å². The van der Waals surface area contributed by atoms with Crippen LogP contribution in [0.2, 0.25) is 0 Å². The topological polar surface area (TPSA) is 65.2 Å². The Bertz CT molecular complexity index is 408. The van der Waals surface area contributed by atoms with E-state index >= 15 is 0 Å². The molecule has 5 heteroatoms. The van der Waals surface area contributed by atoms with Crippen LogP contribution in [0, 0.1) is 0 Å². The van der Waals surface area contributed by atoms with Crippen molar-refractivity contribution in [2.75, 3.05) is 0 Å². The fraction of sp³-hybridized carbons (Fsp3) is 0.125. The van der Waals surface area contributed by atoms with Crippen LogP contribution in [0.25, 0.3) is 11.3 Å². The molecule has 2 heterocycles. The SMILES string of the molecule is NCc1ncc(-c2ccoc2Br)o1. The Morgan fingerprint density at radius 2 is 2.38 bits per heavy atom. The smallest absolute Gasteiger partial charge is 0.208 e. The van der Waals surface area contributed by atoms with Crippen LogP contribution in [0.5, 0.6) is 0 Å². The second-order valence-electron chi connectivity index (χ2n) is 2.43. The van der Waals surface area contributed by atoms with Gasteiger partial charge in [0, 0.05) is 0 Å². The van der Waals surface area contributed by atoms with E-state index in [9.17, 15) is 0 Å². The molecule has 2 aromatic heterocycles. The van der Waals surface area contributed by atoms with E-state index in [1.807, 2.05) is 0 Å². The van der Waals surface area contributed by atoms with E-state index in [1.54, 1.807) is 18.5 Å². The van der Waals surface area contributed by atoms with Crippen molar-refractivity contribution in [1.29, 1.82) is 0 Å². The maximum absolute atomic E-state index is 5.36. The quantitative estimate of drug-likeness (QED) is 0.877. The van der Waals surface area contributed by atoms with Crippen molar-refractivity contribution < 1.29 is 8.83 Å². The van der Waals surface area contributed by atoms with Crippen LogP contribution in [0.4, 0.5) is 0 Å². The van der Waals surface area contributed by atoms with Gasteiger partial charge in [0.05, 0.1) is 24.6 Å². The molecule has 2 rings (SSSR count). The monoisotopic (exact) mass is 242 g/mol. The molecule has 0 atom stereocenters. The largest absolute Gasteiger partial charge is 0.457 e. The van der Waals surface area contributed by atoms with Crippen LogP contribution in [0.15, 0.2) is 32.0 Å². The van der Waals surface area contributed by atoms with Crippen molar-refractivity contribution in [3.05, 3.63) is 29.1 Å². The Balaban J connectivity index is 2.41. The molecule has 0 radical (unpaired) electrons. The number of nitrogens with zero attached hydrogens (tertiary/aromatic N) is 1. The van der Waals surface area contributed by atoms with Gasteiger partial charge in [0.2, 0.25) is 5.89 Å². The molecule has 0 amide bonds. The average molecular weight is 243 g/mol. The van der Waals surface area contributed by atoms with Gasteiger partial charge in [-0.25, -0.2) is 4.98 Å². The van der Waals surface area contributed by atoms with Gasteiger partial charge in [-0.05, 0) is 22.0 Å². The minimum atomic E-state index is 0.301. The Kier molecular flexibility index (Phi) is 2.20. The maximum atomic E-state index is 5.36. The number of furan rings is 1. The fourth-order valence-electron chi connectivity index (χ4n) is 0.999. The van der Waals surface area contributed by atoms with E-state index in [4.69, 9.17) is 14.6 Å². The molecule has 0 fully saturated rings. The highest BCUT2D eigenvalue weighted by Crippen LogP contribution is 2.29. The molecule has 0 aliphatic heterocycles. The third kappa shape index (κ3) is 1.52. The van der Waals surface area contributed by atoms with E-state index in [0.29, 0.717) is 22.9 Å². The minimum absolute atomic E-state index is 0.301. The summed E-state index contributed by atoms with van der Waals surface area (Å²) in [5, 5.41) is 0. The summed E-state index contributed by atoms with van der Waals surface area (Å²) in [6.07, 6.45) is 3.20. The molecule has 0 unspecified atom stereocenters. The first-order chi connectivity index (χ1) is 6.31. The Morgan fingerprint density at radius 1 is 1.54 bits per heavy atom. The molecule has 0 saturated carbocycles. The first-order valence-corrected chi connectivity index (χ1v) is 4.48. The summed E-state index contributed by atoms with van der Waals surface area (Å²) in [5.74, 6) is 1.17. The number of halogens is 1. The molecule has 68 valence electrons. The van der Waals surface area contributed by atoms with Crippen molar-refractivity contribution in [1.82, 2.24) is 4.98 Å². The van der Waals surface area contributed by atoms with Crippen molar-refractivity contribution in [2.24, 2.45) is 5.73 Å². The van der Waals surface area contributed by atoms with E-state index in [0.717, 1.165) is 5.56 Å². The third-order valence-electron chi connectivity index (χ3n) is 1.61. The summed E-state index contributed by atoms with van der Waals surface area (Å²) < 4.78 is 11.0. The molecule has 13 heavy (non-hydrogen) atoms. The van der Waals surface area contributed by atoms with Crippen molar-refractivity contribution >= 4 is 15.9 Å². The number of oxazole rings is 1. The molecule has 2 N–H and O–H groups in total. The van der Waals surface area contributed by atoms with E-state index in [-0.39, 0.29) is 0 Å². The first kappa shape index (κ1) is 8.52. The maximum Gasteiger partial charge on any atom is 0.208 e. The lowest BCUT2D eigenvalue weighted by Gasteiger charge is -1.89. The number of rotatable bonds is 2. The van der Waals surface area contributed by atoms with Crippen LogP contribution < -0.4 is 5.73 Å². The van der Waals surface area contributed by atoms with E-state index in [1.165, 1.54) is 0 Å². The van der Waals surface area contributed by atoms with Gasteiger partial charge in [-0.2, -0.15) is 0 Å². The summed E-state index contributed by atoms with van der Waals surface area (Å²) in [6, 6.07) is 1.80. The normalized spacial score (nSPS) is 10.6. The zero-order valence-corrected chi connectivity index (χ0v) is 8.24. The molecule has 0 bridgehead atoms. The lowest BCUT2D eigenvalue weighted by atomic mass is 10.3. The van der Waals surface area contributed by atoms with Crippen LogP contribution in [-0.2, 0) is 6.54 Å². The molecule has 0 aliphatic carbocycles. The van der Waals surface area contributed by atoms with Crippen molar-refractivity contribution in [2.45, 2.75) is 6.54 Å². The zero-order valence-electron chi connectivity index (χ0n) is 6.66. The van der Waals surface area contributed by atoms with Gasteiger partial charge < -0.3 is 14.6 Å². The molecular weight excluding hydrogens is 236 g/mol. The van der Waals surface area contributed by atoms with Crippen LogP contribution in [0.3, 0.4) is 0 Å². The average Bonchev–Trinajstić information content (AvgIpc) is 2.71. The Hall–Kier alpha value is -1.07. The highest BCUT2D eigenvalue weighted by molar-refractivity contribution is 9.10. The lowest BCUT2D eigenvalue weighted by Crippen LogP contribution is -1.94. The number of aromatic nitrogens is 1. The van der Waals surface area contributed by atoms with Gasteiger partial charge in [-0.15, -0.1) is 0 Å². The first-order valence-electron chi connectivity index (χ1n) is 3.69. The van der Waals surface area contributed by atoms with Gasteiger partial charge in [-0.3, -0.25) is 0 Å². The summed E-state index contributed by atoms with van der Waals surface area (Å²) >= 11 is 3.25. The highest BCUT2D eigenvalue weighted by Gasteiger charge is 2.10. The van der Waals surface area contributed by atoms with Crippen molar-refractivity contribution in [3.8, 4) is 11.3 Å². The highest BCUT2D eigenvalue weighted by atomic mass is 79.9. The summed E-state index contributed by atoms with van der Waals surface area (Å²) in [7, 11) is 0. The molecule has 0 saturated heterocycles. The third-order valence-corrected chi connectivity index (χ3v) is 2.23. The minimum Gasteiger partial charge on any atom is -0.457 e. The van der Waals surface area contributed by atoms with Gasteiger partial charge >= 0.3 is 0 Å². The van der Waals surface area contributed by atoms with Crippen LogP contribution in [0.1, 0.15) is 5.89 Å². The van der Waals surface area contributed by atoms with Gasteiger partial charge in [-0.1, -0.05) is 0 Å². The summed E-state index contributed by atoms with van der Waals surface area (Å²) in [6.45, 7) is 0.301. The summed E-state index contributed by atoms with van der Waals surface area (Å²) in [4.78, 5) is 3.98. The predicted molar refractivity (Wildman–Crippen MR) is 49.8 cm³/mol. The van der Waals surface area contributed by atoms with E-state index < -0.39 is 0 Å². The lowest BCUT2D eigenvalue weighted by molar-refractivity contribution is 0.505. The predicted octanol–water partition coefficient (Wildman–Crippen LogP) is 2.16. The number of hydrogen-bond acceptors (Lipinski definition) is 4. The van der Waals surface area contributed by atoms with Crippen LogP contribution >= 0.6 is 15.9 Å². The Labute approximate surface area is 82.9 Å².